The molecule has 1 aliphatic carbocycles. The minimum absolute atomic E-state index is 0.00625. The zero-order valence-corrected chi connectivity index (χ0v) is 23.7. The van der Waals surface area contributed by atoms with Crippen LogP contribution in [0.4, 0.5) is 21.2 Å². The SMILES string of the molecule is Cc1cc(NC(=O)c2ccc(Sc3ccc(NC(=O)OCC4c5ccccc5-c5ccccc54)cc3)c(N)c2)sn1. The number of nitrogen functional groups attached to an aromatic ring is 1. The van der Waals surface area contributed by atoms with Crippen molar-refractivity contribution in [2.45, 2.75) is 22.6 Å². The van der Waals surface area contributed by atoms with E-state index in [-0.39, 0.29) is 18.4 Å². The second kappa shape index (κ2) is 11.5. The van der Waals surface area contributed by atoms with Crippen LogP contribution in [-0.4, -0.2) is 23.0 Å². The van der Waals surface area contributed by atoms with Crippen molar-refractivity contribution >= 4 is 51.7 Å². The lowest BCUT2D eigenvalue weighted by Gasteiger charge is -2.14. The standard InChI is InChI=1S/C32H26N4O3S2/c1-19-16-30(41-36-19)35-31(37)20-10-15-29(28(33)17-20)40-22-13-11-21(12-14-22)34-32(38)39-18-27-25-8-4-2-6-23(25)24-7-3-5-9-26(24)27/h2-17,27H,18,33H2,1H3,(H,34,38)(H,35,37). The van der Waals surface area contributed by atoms with E-state index in [1.54, 1.807) is 12.1 Å². The van der Waals surface area contributed by atoms with E-state index < -0.39 is 6.09 Å². The van der Waals surface area contributed by atoms with Gasteiger partial charge in [0.15, 0.2) is 0 Å². The van der Waals surface area contributed by atoms with Crippen LogP contribution in [0.25, 0.3) is 11.1 Å². The van der Waals surface area contributed by atoms with Crippen LogP contribution in [0.2, 0.25) is 0 Å². The Morgan fingerprint density at radius 1 is 0.902 bits per heavy atom. The normalized spacial score (nSPS) is 11.9. The molecule has 0 bridgehead atoms. The molecule has 1 aromatic heterocycles. The zero-order valence-electron chi connectivity index (χ0n) is 22.1. The van der Waals surface area contributed by atoms with Crippen molar-refractivity contribution in [3.05, 3.63) is 119 Å². The number of benzene rings is 4. The molecule has 5 aromatic rings. The van der Waals surface area contributed by atoms with Gasteiger partial charge in [-0.2, -0.15) is 4.37 Å². The van der Waals surface area contributed by atoms with Crippen LogP contribution in [0, 0.1) is 6.92 Å². The van der Waals surface area contributed by atoms with E-state index in [2.05, 4.69) is 39.3 Å². The van der Waals surface area contributed by atoms with Crippen molar-refractivity contribution in [2.24, 2.45) is 0 Å². The number of nitrogens with one attached hydrogen (secondary N) is 2. The van der Waals surface area contributed by atoms with Crippen LogP contribution in [0.1, 0.15) is 33.1 Å². The number of amides is 2. The minimum Gasteiger partial charge on any atom is -0.448 e. The molecule has 0 radical (unpaired) electrons. The summed E-state index contributed by atoms with van der Waals surface area (Å²) in [6.45, 7) is 2.13. The highest BCUT2D eigenvalue weighted by molar-refractivity contribution is 7.99. The van der Waals surface area contributed by atoms with Crippen molar-refractivity contribution in [3.8, 4) is 11.1 Å². The first-order valence-corrected chi connectivity index (χ1v) is 14.6. The molecule has 0 unspecified atom stereocenters. The first-order valence-electron chi connectivity index (χ1n) is 13.0. The Kier molecular flexibility index (Phi) is 7.45. The van der Waals surface area contributed by atoms with Gasteiger partial charge in [-0.3, -0.25) is 10.1 Å². The van der Waals surface area contributed by atoms with Gasteiger partial charge in [-0.1, -0.05) is 60.3 Å². The molecule has 0 aliphatic heterocycles. The number of aryl methyl sites for hydroxylation is 1. The zero-order chi connectivity index (χ0) is 28.3. The topological polar surface area (TPSA) is 106 Å². The molecule has 2 amide bonds. The molecule has 7 nitrogen and oxygen atoms in total. The number of aromatic nitrogens is 1. The first-order chi connectivity index (χ1) is 19.9. The summed E-state index contributed by atoms with van der Waals surface area (Å²) in [5.41, 5.74) is 13.4. The maximum Gasteiger partial charge on any atom is 0.411 e. The summed E-state index contributed by atoms with van der Waals surface area (Å²) in [6, 6.07) is 31.0. The predicted molar refractivity (Wildman–Crippen MR) is 165 cm³/mol. The molecule has 204 valence electrons. The van der Waals surface area contributed by atoms with Gasteiger partial charge in [-0.15, -0.1) is 0 Å². The van der Waals surface area contributed by atoms with Crippen molar-refractivity contribution in [3.63, 3.8) is 0 Å². The van der Waals surface area contributed by atoms with Crippen molar-refractivity contribution < 1.29 is 14.3 Å². The van der Waals surface area contributed by atoms with E-state index in [1.165, 1.54) is 45.5 Å². The molecule has 9 heteroatoms. The average Bonchev–Trinajstić information content (AvgIpc) is 3.54. The third-order valence-corrected chi connectivity index (χ3v) is 8.70. The van der Waals surface area contributed by atoms with E-state index in [0.717, 1.165) is 15.5 Å². The molecule has 0 spiro atoms. The Morgan fingerprint density at radius 3 is 2.22 bits per heavy atom. The Morgan fingerprint density at radius 2 is 1.59 bits per heavy atom. The number of anilines is 3. The van der Waals surface area contributed by atoms with Gasteiger partial charge < -0.3 is 15.8 Å². The molecule has 1 aliphatic rings. The molecule has 0 fully saturated rings. The molecule has 4 N–H and O–H groups in total. The quantitative estimate of drug-likeness (QED) is 0.170. The highest BCUT2D eigenvalue weighted by Gasteiger charge is 2.29. The number of carbonyl (C=O) groups is 2. The van der Waals surface area contributed by atoms with E-state index >= 15 is 0 Å². The summed E-state index contributed by atoms with van der Waals surface area (Å²) in [6.07, 6.45) is -0.501. The van der Waals surface area contributed by atoms with Gasteiger partial charge in [0.1, 0.15) is 11.6 Å². The molecular weight excluding hydrogens is 553 g/mol. The van der Waals surface area contributed by atoms with Gasteiger partial charge in [0.05, 0.1) is 5.69 Å². The number of ether oxygens (including phenoxy) is 1. The summed E-state index contributed by atoms with van der Waals surface area (Å²) >= 11 is 2.71. The van der Waals surface area contributed by atoms with Crippen LogP contribution < -0.4 is 16.4 Å². The number of carbonyl (C=O) groups excluding carboxylic acids is 2. The molecule has 0 saturated heterocycles. The third kappa shape index (κ3) is 5.82. The molecule has 6 rings (SSSR count). The third-order valence-electron chi connectivity index (χ3n) is 6.81. The van der Waals surface area contributed by atoms with Gasteiger partial charge in [-0.25, -0.2) is 4.79 Å². The lowest BCUT2D eigenvalue weighted by Crippen LogP contribution is -2.17. The van der Waals surface area contributed by atoms with E-state index in [9.17, 15) is 9.59 Å². The minimum atomic E-state index is -0.501. The Labute approximate surface area is 245 Å². The van der Waals surface area contributed by atoms with E-state index in [0.29, 0.717) is 21.9 Å². The monoisotopic (exact) mass is 578 g/mol. The molecule has 0 atom stereocenters. The van der Waals surface area contributed by atoms with E-state index in [1.807, 2.05) is 67.6 Å². The highest BCUT2D eigenvalue weighted by atomic mass is 32.2. The summed E-state index contributed by atoms with van der Waals surface area (Å²) in [7, 11) is 0. The lowest BCUT2D eigenvalue weighted by molar-refractivity contribution is 0.102. The van der Waals surface area contributed by atoms with Gasteiger partial charge in [-0.05, 0) is 89.2 Å². The fourth-order valence-corrected chi connectivity index (χ4v) is 6.37. The van der Waals surface area contributed by atoms with Crippen molar-refractivity contribution in [2.75, 3.05) is 23.0 Å². The molecule has 1 heterocycles. The number of hydrogen-bond donors (Lipinski definition) is 3. The summed E-state index contributed by atoms with van der Waals surface area (Å²) in [5, 5.41) is 6.35. The maximum absolute atomic E-state index is 12.6. The summed E-state index contributed by atoms with van der Waals surface area (Å²) < 4.78 is 9.82. The van der Waals surface area contributed by atoms with Gasteiger partial charge in [0.25, 0.3) is 5.91 Å². The predicted octanol–water partition coefficient (Wildman–Crippen LogP) is 7.80. The fraction of sp³-hybridized carbons (Fsp3) is 0.0938. The first kappa shape index (κ1) is 26.6. The largest absolute Gasteiger partial charge is 0.448 e. The average molecular weight is 579 g/mol. The van der Waals surface area contributed by atoms with Gasteiger partial charge in [0, 0.05) is 32.6 Å². The number of nitrogens with zero attached hydrogens (tertiary/aromatic N) is 1. The van der Waals surface area contributed by atoms with E-state index in [4.69, 9.17) is 10.5 Å². The van der Waals surface area contributed by atoms with Gasteiger partial charge >= 0.3 is 6.09 Å². The number of fused-ring (bicyclic) bond motifs is 3. The second-order valence-corrected chi connectivity index (χ2v) is 11.5. The highest BCUT2D eigenvalue weighted by Crippen LogP contribution is 2.44. The van der Waals surface area contributed by atoms with Crippen LogP contribution in [0.5, 0.6) is 0 Å². The molecule has 41 heavy (non-hydrogen) atoms. The fourth-order valence-electron chi connectivity index (χ4n) is 4.87. The molecular formula is C32H26N4O3S2. The Balaban J connectivity index is 1.04. The lowest BCUT2D eigenvalue weighted by atomic mass is 9.98. The Bertz CT molecular complexity index is 1700. The number of hydrogen-bond acceptors (Lipinski definition) is 7. The number of nitrogens with two attached hydrogens (primary N) is 1. The summed E-state index contributed by atoms with van der Waals surface area (Å²) in [4.78, 5) is 27.0. The molecule has 4 aromatic carbocycles. The second-order valence-electron chi connectivity index (χ2n) is 9.62. The smallest absolute Gasteiger partial charge is 0.411 e. The van der Waals surface area contributed by atoms with Crippen molar-refractivity contribution in [1.82, 2.24) is 4.37 Å². The summed E-state index contributed by atoms with van der Waals surface area (Å²) in [5.74, 6) is -0.229. The van der Waals surface area contributed by atoms with Crippen LogP contribution in [-0.2, 0) is 4.74 Å². The maximum atomic E-state index is 12.6. The van der Waals surface area contributed by atoms with Crippen LogP contribution in [0.3, 0.4) is 0 Å². The number of rotatable bonds is 7. The van der Waals surface area contributed by atoms with Crippen LogP contribution in [0.15, 0.2) is 107 Å². The Hall–Kier alpha value is -4.60. The van der Waals surface area contributed by atoms with Crippen LogP contribution >= 0.6 is 23.3 Å². The molecule has 0 saturated carbocycles. The van der Waals surface area contributed by atoms with Crippen molar-refractivity contribution in [1.29, 1.82) is 0 Å². The van der Waals surface area contributed by atoms with Gasteiger partial charge in [0.2, 0.25) is 0 Å².